The van der Waals surface area contributed by atoms with E-state index in [4.69, 9.17) is 0 Å². The van der Waals surface area contributed by atoms with Crippen LogP contribution in [0.25, 0.3) is 22.8 Å². The van der Waals surface area contributed by atoms with Gasteiger partial charge in [-0.1, -0.05) is 24.3 Å². The van der Waals surface area contributed by atoms with Crippen LogP contribution in [0.1, 0.15) is 35.2 Å². The molecule has 0 spiro atoms. The average Bonchev–Trinajstić information content (AvgIpc) is 2.79. The number of aromatic nitrogens is 1. The van der Waals surface area contributed by atoms with E-state index < -0.39 is 15.4 Å². The highest BCUT2D eigenvalue weighted by molar-refractivity contribution is 5.87. The molecule has 0 bridgehead atoms. The van der Waals surface area contributed by atoms with Gasteiger partial charge in [0, 0.05) is 35.5 Å². The number of rotatable bonds is 4. The lowest BCUT2D eigenvalue weighted by molar-refractivity contribution is -0.385. The monoisotopic (exact) mass is 428 g/mol. The van der Waals surface area contributed by atoms with E-state index in [0.29, 0.717) is 35.2 Å². The van der Waals surface area contributed by atoms with Crippen molar-refractivity contribution in [2.75, 3.05) is 0 Å². The van der Waals surface area contributed by atoms with Crippen LogP contribution in [-0.4, -0.2) is 14.8 Å². The molecule has 1 N–H and O–H groups in total. The van der Waals surface area contributed by atoms with E-state index in [1.54, 1.807) is 24.3 Å². The Morgan fingerprint density at radius 1 is 1.00 bits per heavy atom. The van der Waals surface area contributed by atoms with Crippen LogP contribution in [-0.2, 0) is 6.42 Å². The zero-order valence-corrected chi connectivity index (χ0v) is 16.7. The van der Waals surface area contributed by atoms with Crippen LogP contribution in [0.2, 0.25) is 0 Å². The van der Waals surface area contributed by atoms with Crippen LogP contribution in [0.5, 0.6) is 0 Å². The number of hydrogen-bond donors (Lipinski definition) is 1. The molecule has 32 heavy (non-hydrogen) atoms. The second-order valence-electron chi connectivity index (χ2n) is 7.35. The van der Waals surface area contributed by atoms with Gasteiger partial charge in [-0.15, -0.1) is 0 Å². The molecule has 0 radical (unpaired) electrons. The number of nitrogens with zero attached hydrogens (tertiary/aromatic N) is 3. The van der Waals surface area contributed by atoms with E-state index in [2.05, 4.69) is 4.98 Å². The lowest BCUT2D eigenvalue weighted by Crippen LogP contribution is -2.19. The molecular formula is C23H16N4O5. The first kappa shape index (κ1) is 20.7. The zero-order valence-electron chi connectivity index (χ0n) is 16.7. The summed E-state index contributed by atoms with van der Waals surface area (Å²) in [4.78, 5) is 36.9. The third-order valence-electron chi connectivity index (χ3n) is 5.39. The summed E-state index contributed by atoms with van der Waals surface area (Å²) in [7, 11) is 0. The highest BCUT2D eigenvalue weighted by Crippen LogP contribution is 2.38. The molecule has 0 unspecified atom stereocenters. The Morgan fingerprint density at radius 3 is 2.38 bits per heavy atom. The normalized spacial score (nSPS) is 13.9. The molecule has 1 aliphatic carbocycles. The van der Waals surface area contributed by atoms with Crippen molar-refractivity contribution in [3.63, 3.8) is 0 Å². The molecule has 9 heteroatoms. The molecule has 1 aliphatic rings. The van der Waals surface area contributed by atoms with Crippen LogP contribution < -0.4 is 5.56 Å². The number of nitro benzene ring substituents is 2. The molecule has 0 saturated carbocycles. The van der Waals surface area contributed by atoms with Gasteiger partial charge < -0.3 is 4.98 Å². The number of non-ortho nitro benzene ring substituents is 2. The summed E-state index contributed by atoms with van der Waals surface area (Å²) in [6.07, 6.45) is 3.72. The van der Waals surface area contributed by atoms with Gasteiger partial charge in [-0.2, -0.15) is 5.26 Å². The second kappa shape index (κ2) is 8.28. The topological polar surface area (TPSA) is 143 Å². The van der Waals surface area contributed by atoms with Gasteiger partial charge in [-0.25, -0.2) is 0 Å². The number of nitro groups is 2. The van der Waals surface area contributed by atoms with Gasteiger partial charge in [0.15, 0.2) is 0 Å². The van der Waals surface area contributed by atoms with Gasteiger partial charge in [-0.3, -0.25) is 25.0 Å². The Kier molecular flexibility index (Phi) is 5.35. The molecule has 1 aromatic heterocycles. The first-order chi connectivity index (χ1) is 15.4. The van der Waals surface area contributed by atoms with Crippen LogP contribution in [0.3, 0.4) is 0 Å². The van der Waals surface area contributed by atoms with E-state index in [1.165, 1.54) is 30.3 Å². The minimum Gasteiger partial charge on any atom is -0.321 e. The van der Waals surface area contributed by atoms with Gasteiger partial charge in [0.1, 0.15) is 11.6 Å². The number of aromatic amines is 1. The SMILES string of the molecule is N#Cc1c(-c2cccc([N+](=O)[O-])c2)c2c([nH]c1=O)/C(=C\c1cccc([N+](=O)[O-])c1)CCC2. The predicted octanol–water partition coefficient (Wildman–Crippen LogP) is 4.61. The van der Waals surface area contributed by atoms with Gasteiger partial charge in [0.25, 0.3) is 16.9 Å². The second-order valence-corrected chi connectivity index (χ2v) is 7.35. The fraction of sp³-hybridized carbons (Fsp3) is 0.130. The van der Waals surface area contributed by atoms with E-state index in [1.807, 2.05) is 6.07 Å². The van der Waals surface area contributed by atoms with Crippen molar-refractivity contribution in [2.45, 2.75) is 19.3 Å². The van der Waals surface area contributed by atoms with Crippen molar-refractivity contribution in [2.24, 2.45) is 0 Å². The molecule has 0 aliphatic heterocycles. The number of pyridine rings is 1. The molecular weight excluding hydrogens is 412 g/mol. The van der Waals surface area contributed by atoms with Gasteiger partial charge >= 0.3 is 0 Å². The summed E-state index contributed by atoms with van der Waals surface area (Å²) >= 11 is 0. The number of H-pyrrole nitrogens is 1. The molecule has 2 aromatic carbocycles. The maximum atomic E-state index is 12.7. The molecule has 0 saturated heterocycles. The lowest BCUT2D eigenvalue weighted by Gasteiger charge is -2.22. The largest absolute Gasteiger partial charge is 0.321 e. The van der Waals surface area contributed by atoms with E-state index in [9.17, 15) is 30.3 Å². The van der Waals surface area contributed by atoms with Gasteiger partial charge in [0.2, 0.25) is 0 Å². The van der Waals surface area contributed by atoms with E-state index in [-0.39, 0.29) is 16.9 Å². The quantitative estimate of drug-likeness (QED) is 0.475. The fourth-order valence-electron chi connectivity index (χ4n) is 4.02. The van der Waals surface area contributed by atoms with Crippen molar-refractivity contribution in [3.05, 3.63) is 101 Å². The summed E-state index contributed by atoms with van der Waals surface area (Å²) in [5.74, 6) is 0. The number of benzene rings is 2. The first-order valence-corrected chi connectivity index (χ1v) is 9.78. The van der Waals surface area contributed by atoms with Gasteiger partial charge in [0.05, 0.1) is 9.85 Å². The molecule has 4 rings (SSSR count). The summed E-state index contributed by atoms with van der Waals surface area (Å²) < 4.78 is 0. The highest BCUT2D eigenvalue weighted by atomic mass is 16.6. The maximum absolute atomic E-state index is 12.7. The molecule has 0 fully saturated rings. The van der Waals surface area contributed by atoms with Crippen LogP contribution in [0.15, 0.2) is 53.3 Å². The molecule has 158 valence electrons. The van der Waals surface area contributed by atoms with Crippen molar-refractivity contribution in [1.82, 2.24) is 4.98 Å². The van der Waals surface area contributed by atoms with Crippen LogP contribution in [0.4, 0.5) is 11.4 Å². The highest BCUT2D eigenvalue weighted by Gasteiger charge is 2.25. The first-order valence-electron chi connectivity index (χ1n) is 9.78. The lowest BCUT2D eigenvalue weighted by atomic mass is 9.84. The number of hydrogen-bond acceptors (Lipinski definition) is 6. The maximum Gasteiger partial charge on any atom is 0.270 e. The van der Waals surface area contributed by atoms with E-state index in [0.717, 1.165) is 17.6 Å². The smallest absolute Gasteiger partial charge is 0.270 e. The summed E-state index contributed by atoms with van der Waals surface area (Å²) in [6.45, 7) is 0. The number of fused-ring (bicyclic) bond motifs is 1. The van der Waals surface area contributed by atoms with Gasteiger partial charge in [-0.05, 0) is 47.6 Å². The van der Waals surface area contributed by atoms with Crippen LogP contribution >= 0.6 is 0 Å². The third-order valence-corrected chi connectivity index (χ3v) is 5.39. The molecule has 0 atom stereocenters. The third kappa shape index (κ3) is 3.77. The Morgan fingerprint density at radius 2 is 1.69 bits per heavy atom. The Hall–Kier alpha value is -4.58. The van der Waals surface area contributed by atoms with Crippen LogP contribution in [0, 0.1) is 31.6 Å². The number of nitriles is 1. The van der Waals surface area contributed by atoms with Crippen molar-refractivity contribution >= 4 is 23.0 Å². The van der Waals surface area contributed by atoms with E-state index >= 15 is 0 Å². The molecule has 9 nitrogen and oxygen atoms in total. The number of allylic oxidation sites excluding steroid dienone is 1. The number of nitrogens with one attached hydrogen (secondary N) is 1. The van der Waals surface area contributed by atoms with Crippen molar-refractivity contribution in [3.8, 4) is 17.2 Å². The fourth-order valence-corrected chi connectivity index (χ4v) is 4.02. The average molecular weight is 428 g/mol. The Labute approximate surface area is 181 Å². The zero-order chi connectivity index (χ0) is 22.8. The van der Waals surface area contributed by atoms with Crippen molar-refractivity contribution in [1.29, 1.82) is 5.26 Å². The minimum absolute atomic E-state index is 0.0408. The Balaban J connectivity index is 1.94. The molecule has 3 aromatic rings. The summed E-state index contributed by atoms with van der Waals surface area (Å²) in [5.41, 5.74) is 2.63. The Bertz CT molecular complexity index is 1400. The van der Waals surface area contributed by atoms with Crippen molar-refractivity contribution < 1.29 is 9.85 Å². The summed E-state index contributed by atoms with van der Waals surface area (Å²) in [6, 6.07) is 14.0. The summed E-state index contributed by atoms with van der Waals surface area (Å²) in [5, 5.41) is 32.0. The standard InChI is InChI=1S/C23H16N4O5/c24-13-20-21(15-5-2-8-18(12-15)27(31)32)19-9-3-6-16(22(19)25-23(20)28)10-14-4-1-7-17(11-14)26(29)30/h1-2,4-5,7-8,10-12H,3,6,9H2,(H,25,28)/b16-10-. The minimum atomic E-state index is -0.584. The predicted molar refractivity (Wildman–Crippen MR) is 118 cm³/mol. The molecule has 0 amide bonds. The molecule has 1 heterocycles.